The van der Waals surface area contributed by atoms with E-state index in [0.29, 0.717) is 18.4 Å². The molecule has 0 aromatic carbocycles. The van der Waals surface area contributed by atoms with Gasteiger partial charge in [0.05, 0.1) is 24.1 Å². The number of pyridine rings is 1. The zero-order chi connectivity index (χ0) is 18.4. The van der Waals surface area contributed by atoms with Gasteiger partial charge in [-0.1, -0.05) is 18.9 Å². The number of nitriles is 3. The second kappa shape index (κ2) is 5.53. The summed E-state index contributed by atoms with van der Waals surface area (Å²) in [5.74, 6) is -1.97. The van der Waals surface area contributed by atoms with Gasteiger partial charge in [0.1, 0.15) is 6.10 Å². The lowest BCUT2D eigenvalue weighted by molar-refractivity contribution is -0.285. The number of nitrogens with one attached hydrogen (secondary N) is 1. The zero-order valence-electron chi connectivity index (χ0n) is 14.1. The van der Waals surface area contributed by atoms with E-state index in [-0.39, 0.29) is 5.90 Å². The van der Waals surface area contributed by atoms with E-state index in [1.54, 1.807) is 18.3 Å². The van der Waals surface area contributed by atoms with Gasteiger partial charge in [-0.25, -0.2) is 0 Å². The molecule has 1 saturated carbocycles. The van der Waals surface area contributed by atoms with E-state index in [1.807, 2.05) is 0 Å². The highest BCUT2D eigenvalue weighted by Crippen LogP contribution is 2.68. The van der Waals surface area contributed by atoms with Crippen molar-refractivity contribution in [2.45, 2.75) is 44.0 Å². The molecule has 2 aliphatic heterocycles. The smallest absolute Gasteiger partial charge is 0.217 e. The SMILES string of the molecule is N#CC1(C#N)[C@@H](c2cccnc2)O[C@]23CCCCC[C@@H]2[C@@]1(C#N)C(=N)O3. The Labute approximate surface area is 151 Å². The highest BCUT2D eigenvalue weighted by molar-refractivity contribution is 5.89. The molecule has 0 unspecified atom stereocenters. The molecule has 1 aromatic rings. The number of aromatic nitrogens is 1. The molecular weight excluding hydrogens is 330 g/mol. The van der Waals surface area contributed by atoms with Crippen LogP contribution in [0.3, 0.4) is 0 Å². The third-order valence-corrected chi connectivity index (χ3v) is 6.05. The molecule has 26 heavy (non-hydrogen) atoms. The number of hydrogen-bond donors (Lipinski definition) is 1. The van der Waals surface area contributed by atoms with Crippen molar-refractivity contribution in [1.82, 2.24) is 4.98 Å². The summed E-state index contributed by atoms with van der Waals surface area (Å²) >= 11 is 0. The van der Waals surface area contributed by atoms with Gasteiger partial charge >= 0.3 is 0 Å². The molecule has 3 fully saturated rings. The minimum atomic E-state index is -1.88. The van der Waals surface area contributed by atoms with Crippen LogP contribution < -0.4 is 0 Å². The average molecular weight is 347 g/mol. The largest absolute Gasteiger partial charge is 0.447 e. The molecule has 2 saturated heterocycles. The van der Waals surface area contributed by atoms with E-state index >= 15 is 0 Å². The first-order valence-electron chi connectivity index (χ1n) is 8.70. The van der Waals surface area contributed by atoms with Crippen molar-refractivity contribution in [2.75, 3.05) is 0 Å². The Kier molecular flexibility index (Phi) is 3.51. The highest BCUT2D eigenvalue weighted by Gasteiger charge is 2.80. The molecule has 2 bridgehead atoms. The van der Waals surface area contributed by atoms with Gasteiger partial charge in [-0.3, -0.25) is 10.4 Å². The van der Waals surface area contributed by atoms with Crippen molar-refractivity contribution in [2.24, 2.45) is 16.7 Å². The van der Waals surface area contributed by atoms with Crippen LogP contribution >= 0.6 is 0 Å². The Hall–Kier alpha value is -2.95. The summed E-state index contributed by atoms with van der Waals surface area (Å²) in [6.07, 6.45) is 5.89. The Bertz CT molecular complexity index is 866. The molecule has 0 amide bonds. The predicted molar refractivity (Wildman–Crippen MR) is 87.9 cm³/mol. The molecule has 4 rings (SSSR count). The maximum atomic E-state index is 10.2. The summed E-state index contributed by atoms with van der Waals surface area (Å²) < 4.78 is 12.2. The first-order chi connectivity index (χ1) is 12.6. The van der Waals surface area contributed by atoms with E-state index in [4.69, 9.17) is 14.9 Å². The molecule has 7 heteroatoms. The molecule has 0 spiro atoms. The van der Waals surface area contributed by atoms with Crippen LogP contribution in [0.2, 0.25) is 0 Å². The molecule has 1 aliphatic carbocycles. The van der Waals surface area contributed by atoms with E-state index in [9.17, 15) is 15.8 Å². The van der Waals surface area contributed by atoms with Crippen LogP contribution in [0.4, 0.5) is 0 Å². The molecule has 3 heterocycles. The molecular formula is C19H17N5O2. The van der Waals surface area contributed by atoms with Gasteiger partial charge in [-0.15, -0.1) is 0 Å². The van der Waals surface area contributed by atoms with Crippen LogP contribution in [0.25, 0.3) is 0 Å². The van der Waals surface area contributed by atoms with Gasteiger partial charge in [0, 0.05) is 24.4 Å². The average Bonchev–Trinajstić information content (AvgIpc) is 2.81. The normalized spacial score (nSPS) is 37.2. The molecule has 7 nitrogen and oxygen atoms in total. The van der Waals surface area contributed by atoms with E-state index in [1.165, 1.54) is 6.20 Å². The van der Waals surface area contributed by atoms with Crippen LogP contribution in [-0.4, -0.2) is 16.7 Å². The molecule has 0 radical (unpaired) electrons. The summed E-state index contributed by atoms with van der Waals surface area (Å²) in [5.41, 5.74) is -2.99. The minimum Gasteiger partial charge on any atom is -0.447 e. The quantitative estimate of drug-likeness (QED) is 0.832. The number of hydrogen-bond acceptors (Lipinski definition) is 7. The number of nitrogens with zero attached hydrogens (tertiary/aromatic N) is 4. The predicted octanol–water partition coefficient (Wildman–Crippen LogP) is 2.98. The molecule has 1 N–H and O–H groups in total. The Morgan fingerprint density at radius 1 is 1.15 bits per heavy atom. The van der Waals surface area contributed by atoms with Crippen LogP contribution in [0.1, 0.15) is 43.8 Å². The van der Waals surface area contributed by atoms with Crippen molar-refractivity contribution in [3.8, 4) is 18.2 Å². The number of ether oxygens (including phenoxy) is 2. The maximum Gasteiger partial charge on any atom is 0.217 e. The summed E-state index contributed by atoms with van der Waals surface area (Å²) in [6.45, 7) is 0. The van der Waals surface area contributed by atoms with Gasteiger partial charge in [0.25, 0.3) is 0 Å². The lowest BCUT2D eigenvalue weighted by atomic mass is 9.52. The van der Waals surface area contributed by atoms with Crippen LogP contribution in [0, 0.1) is 56.2 Å². The second-order valence-corrected chi connectivity index (χ2v) is 7.13. The molecule has 1 aromatic heterocycles. The van der Waals surface area contributed by atoms with Crippen molar-refractivity contribution in [1.29, 1.82) is 21.2 Å². The van der Waals surface area contributed by atoms with E-state index in [2.05, 4.69) is 23.2 Å². The fourth-order valence-corrected chi connectivity index (χ4v) is 4.87. The van der Waals surface area contributed by atoms with E-state index in [0.717, 1.165) is 19.3 Å². The third-order valence-electron chi connectivity index (χ3n) is 6.05. The topological polar surface area (TPSA) is 127 Å². The van der Waals surface area contributed by atoms with Gasteiger partial charge < -0.3 is 9.47 Å². The highest BCUT2D eigenvalue weighted by atomic mass is 16.7. The monoisotopic (exact) mass is 347 g/mol. The van der Waals surface area contributed by atoms with Crippen molar-refractivity contribution in [3.05, 3.63) is 30.1 Å². The van der Waals surface area contributed by atoms with Gasteiger partial charge in [-0.2, -0.15) is 15.8 Å². The fourth-order valence-electron chi connectivity index (χ4n) is 4.87. The summed E-state index contributed by atoms with van der Waals surface area (Å²) in [6, 6.07) is 9.72. The molecule has 130 valence electrons. The van der Waals surface area contributed by atoms with Crippen molar-refractivity contribution < 1.29 is 9.47 Å². The summed E-state index contributed by atoms with van der Waals surface area (Å²) in [7, 11) is 0. The first-order valence-corrected chi connectivity index (χ1v) is 8.70. The molecule has 3 aliphatic rings. The third kappa shape index (κ3) is 1.72. The zero-order valence-corrected chi connectivity index (χ0v) is 14.1. The van der Waals surface area contributed by atoms with Gasteiger partial charge in [0.15, 0.2) is 5.41 Å². The molecule has 4 atom stereocenters. The Morgan fingerprint density at radius 3 is 2.62 bits per heavy atom. The maximum absolute atomic E-state index is 10.2. The van der Waals surface area contributed by atoms with Crippen molar-refractivity contribution in [3.63, 3.8) is 0 Å². The van der Waals surface area contributed by atoms with Crippen LogP contribution in [0.5, 0.6) is 0 Å². The minimum absolute atomic E-state index is 0.318. The first kappa shape index (κ1) is 16.5. The van der Waals surface area contributed by atoms with Crippen molar-refractivity contribution >= 4 is 5.90 Å². The summed E-state index contributed by atoms with van der Waals surface area (Å²) in [4.78, 5) is 4.08. The Balaban J connectivity index is 2.01. The van der Waals surface area contributed by atoms with Crippen LogP contribution in [-0.2, 0) is 9.47 Å². The number of rotatable bonds is 1. The standard InChI is InChI=1S/C19H17N5O2/c20-10-17(11-21)15(13-5-4-8-24-9-13)25-19-7-3-1-2-6-14(19)18(17,12-22)16(23)26-19/h4-5,8-9,14-15,23H,1-3,6-7H2/t14-,15-,18+,19+/m1/s1. The Morgan fingerprint density at radius 2 is 1.96 bits per heavy atom. The van der Waals surface area contributed by atoms with Gasteiger partial charge in [0.2, 0.25) is 17.1 Å². The fraction of sp³-hybridized carbons (Fsp3) is 0.526. The van der Waals surface area contributed by atoms with Crippen LogP contribution in [0.15, 0.2) is 24.5 Å². The van der Waals surface area contributed by atoms with Gasteiger partial charge in [-0.05, 0) is 18.9 Å². The lowest BCUT2D eigenvalue weighted by Crippen LogP contribution is -2.59. The second-order valence-electron chi connectivity index (χ2n) is 7.13. The lowest BCUT2D eigenvalue weighted by Gasteiger charge is -2.49. The summed E-state index contributed by atoms with van der Waals surface area (Å²) in [5, 5.41) is 38.8. The van der Waals surface area contributed by atoms with E-state index < -0.39 is 28.6 Å².